The maximum atomic E-state index is 10.5. The van der Waals surface area contributed by atoms with Gasteiger partial charge in [0, 0.05) is 15.5 Å². The smallest absolute Gasteiger partial charge is 0.345 e. The van der Waals surface area contributed by atoms with Crippen LogP contribution in [0, 0.1) is 0 Å². The summed E-state index contributed by atoms with van der Waals surface area (Å²) in [6.45, 7) is 0. The lowest BCUT2D eigenvalue weighted by Crippen LogP contribution is -1.90. The van der Waals surface area contributed by atoms with Gasteiger partial charge in [0.1, 0.15) is 4.88 Å². The summed E-state index contributed by atoms with van der Waals surface area (Å²) in [5.41, 5.74) is 0. The van der Waals surface area contributed by atoms with Gasteiger partial charge in [-0.3, -0.25) is 0 Å². The number of aryl methyl sites for hydroxylation is 1. The van der Waals surface area contributed by atoms with Crippen molar-refractivity contribution in [3.8, 4) is 0 Å². The van der Waals surface area contributed by atoms with Gasteiger partial charge >= 0.3 is 5.97 Å². The van der Waals surface area contributed by atoms with Crippen LogP contribution in [0.2, 0.25) is 0 Å². The first-order valence-electron chi connectivity index (χ1n) is 3.26. The molecule has 1 N–H and O–H groups in total. The Hall–Kier alpha value is -0.480. The maximum Gasteiger partial charge on any atom is 0.345 e. The van der Waals surface area contributed by atoms with Crippen LogP contribution in [0.25, 0.3) is 0 Å². The maximum absolute atomic E-state index is 10.5. The van der Waals surface area contributed by atoms with E-state index in [1.807, 2.05) is 0 Å². The average molecular weight is 186 g/mol. The molecular weight excluding hydrogens is 180 g/mol. The van der Waals surface area contributed by atoms with Gasteiger partial charge in [-0.2, -0.15) is 0 Å². The second-order valence-corrected chi connectivity index (χ2v) is 4.58. The molecule has 2 nitrogen and oxygen atoms in total. The zero-order chi connectivity index (χ0) is 7.84. The van der Waals surface area contributed by atoms with Crippen LogP contribution in [-0.2, 0) is 6.42 Å². The summed E-state index contributed by atoms with van der Waals surface area (Å²) in [5.74, 6) is 0.311. The highest BCUT2D eigenvalue weighted by atomic mass is 32.2. The first kappa shape index (κ1) is 7.18. The fourth-order valence-electron chi connectivity index (χ4n) is 1.07. The molecule has 1 aromatic heterocycles. The fraction of sp³-hybridized carbons (Fsp3) is 0.286. The van der Waals surface area contributed by atoms with Gasteiger partial charge in [0.2, 0.25) is 0 Å². The van der Waals surface area contributed by atoms with E-state index in [0.29, 0.717) is 4.88 Å². The van der Waals surface area contributed by atoms with E-state index in [1.54, 1.807) is 17.8 Å². The molecule has 0 saturated heterocycles. The lowest BCUT2D eigenvalue weighted by atomic mass is 10.4. The van der Waals surface area contributed by atoms with Gasteiger partial charge in [0.15, 0.2) is 0 Å². The number of aromatic carboxylic acids is 1. The highest BCUT2D eigenvalue weighted by molar-refractivity contribution is 7.99. The van der Waals surface area contributed by atoms with Gasteiger partial charge < -0.3 is 5.11 Å². The Morgan fingerprint density at radius 3 is 3.09 bits per heavy atom. The Kier molecular flexibility index (Phi) is 1.65. The molecule has 0 unspecified atom stereocenters. The molecule has 0 amide bonds. The van der Waals surface area contributed by atoms with E-state index in [0.717, 1.165) is 12.2 Å². The van der Waals surface area contributed by atoms with E-state index in [1.165, 1.54) is 21.1 Å². The number of thioether (sulfide) groups is 1. The molecule has 0 bridgehead atoms. The zero-order valence-corrected chi connectivity index (χ0v) is 7.30. The second kappa shape index (κ2) is 2.53. The third-order valence-corrected chi connectivity index (χ3v) is 3.96. The van der Waals surface area contributed by atoms with E-state index >= 15 is 0 Å². The number of carboxylic acid groups (broad SMARTS) is 1. The van der Waals surface area contributed by atoms with Crippen molar-refractivity contribution < 1.29 is 9.90 Å². The molecule has 11 heavy (non-hydrogen) atoms. The Morgan fingerprint density at radius 1 is 1.64 bits per heavy atom. The summed E-state index contributed by atoms with van der Waals surface area (Å²) in [6, 6.07) is 1.78. The van der Waals surface area contributed by atoms with Crippen molar-refractivity contribution in [1.82, 2.24) is 0 Å². The third-order valence-electron chi connectivity index (χ3n) is 1.57. The molecule has 0 aliphatic carbocycles. The van der Waals surface area contributed by atoms with Crippen LogP contribution in [0.4, 0.5) is 0 Å². The minimum Gasteiger partial charge on any atom is -0.477 e. The van der Waals surface area contributed by atoms with Crippen molar-refractivity contribution in [2.45, 2.75) is 11.3 Å². The van der Waals surface area contributed by atoms with E-state index in [2.05, 4.69) is 0 Å². The minimum absolute atomic E-state index is 0.474. The molecule has 0 spiro atoms. The Balaban J connectivity index is 2.42. The number of carbonyl (C=O) groups is 1. The van der Waals surface area contributed by atoms with Crippen molar-refractivity contribution in [3.63, 3.8) is 0 Å². The lowest BCUT2D eigenvalue weighted by molar-refractivity contribution is 0.0702. The molecule has 2 heterocycles. The van der Waals surface area contributed by atoms with Crippen LogP contribution in [0.3, 0.4) is 0 Å². The second-order valence-electron chi connectivity index (χ2n) is 2.30. The molecule has 0 saturated carbocycles. The van der Waals surface area contributed by atoms with Crippen LogP contribution >= 0.6 is 23.1 Å². The van der Waals surface area contributed by atoms with Gasteiger partial charge in [0.05, 0.1) is 0 Å². The summed E-state index contributed by atoms with van der Waals surface area (Å²) < 4.78 is 0. The standard InChI is InChI=1S/C7H6O2S2/c8-7(9)6-3-5-4(11-6)1-2-10-5/h3H,1-2H2,(H,8,9). The van der Waals surface area contributed by atoms with Crippen molar-refractivity contribution in [3.05, 3.63) is 15.8 Å². The Bertz CT molecular complexity index is 282. The topological polar surface area (TPSA) is 37.3 Å². The molecule has 0 fully saturated rings. The predicted molar refractivity (Wildman–Crippen MR) is 45.7 cm³/mol. The fourth-order valence-corrected chi connectivity index (χ4v) is 3.46. The van der Waals surface area contributed by atoms with Gasteiger partial charge in [-0.1, -0.05) is 0 Å². The molecule has 0 aromatic carbocycles. The predicted octanol–water partition coefficient (Wildman–Crippen LogP) is 2.09. The Morgan fingerprint density at radius 2 is 2.45 bits per heavy atom. The molecule has 0 atom stereocenters. The van der Waals surface area contributed by atoms with Crippen molar-refractivity contribution >= 4 is 29.1 Å². The minimum atomic E-state index is -0.801. The Labute approximate surface area is 72.2 Å². The SMILES string of the molecule is O=C(O)c1cc2c(s1)CCS2. The first-order valence-corrected chi connectivity index (χ1v) is 5.06. The van der Waals surface area contributed by atoms with Crippen molar-refractivity contribution in [2.75, 3.05) is 5.75 Å². The van der Waals surface area contributed by atoms with Crippen LogP contribution in [0.5, 0.6) is 0 Å². The van der Waals surface area contributed by atoms with Crippen LogP contribution in [0.15, 0.2) is 11.0 Å². The zero-order valence-electron chi connectivity index (χ0n) is 5.66. The van der Waals surface area contributed by atoms with Crippen molar-refractivity contribution in [1.29, 1.82) is 0 Å². The number of thiophene rings is 1. The molecule has 1 aliphatic heterocycles. The van der Waals surface area contributed by atoms with Crippen LogP contribution < -0.4 is 0 Å². The molecule has 2 rings (SSSR count). The molecule has 1 aromatic rings. The van der Waals surface area contributed by atoms with E-state index in [4.69, 9.17) is 5.11 Å². The normalized spacial score (nSPS) is 14.9. The van der Waals surface area contributed by atoms with Gasteiger partial charge in [-0.25, -0.2) is 4.79 Å². The van der Waals surface area contributed by atoms with E-state index in [-0.39, 0.29) is 0 Å². The van der Waals surface area contributed by atoms with Gasteiger partial charge in [0.25, 0.3) is 0 Å². The molecule has 0 radical (unpaired) electrons. The lowest BCUT2D eigenvalue weighted by Gasteiger charge is -1.84. The summed E-state index contributed by atoms with van der Waals surface area (Å²) in [4.78, 5) is 13.4. The number of fused-ring (bicyclic) bond motifs is 1. The molecule has 58 valence electrons. The summed E-state index contributed by atoms with van der Waals surface area (Å²) in [5, 5.41) is 8.64. The molecule has 1 aliphatic rings. The summed E-state index contributed by atoms with van der Waals surface area (Å²) in [6.07, 6.45) is 1.04. The summed E-state index contributed by atoms with van der Waals surface area (Å²) in [7, 11) is 0. The van der Waals surface area contributed by atoms with E-state index < -0.39 is 5.97 Å². The first-order chi connectivity index (χ1) is 5.27. The number of carboxylic acids is 1. The average Bonchev–Trinajstić information content (AvgIpc) is 2.40. The quantitative estimate of drug-likeness (QED) is 0.729. The summed E-state index contributed by atoms with van der Waals surface area (Å²) >= 11 is 3.16. The highest BCUT2D eigenvalue weighted by Gasteiger charge is 2.17. The number of hydrogen-bond donors (Lipinski definition) is 1. The largest absolute Gasteiger partial charge is 0.477 e. The number of hydrogen-bond acceptors (Lipinski definition) is 3. The van der Waals surface area contributed by atoms with E-state index in [9.17, 15) is 4.79 Å². The van der Waals surface area contributed by atoms with Crippen LogP contribution in [-0.4, -0.2) is 16.8 Å². The molecule has 4 heteroatoms. The monoisotopic (exact) mass is 186 g/mol. The van der Waals surface area contributed by atoms with Gasteiger partial charge in [-0.05, 0) is 12.5 Å². The molecular formula is C7H6O2S2. The third kappa shape index (κ3) is 1.16. The van der Waals surface area contributed by atoms with Crippen molar-refractivity contribution in [2.24, 2.45) is 0 Å². The highest BCUT2D eigenvalue weighted by Crippen LogP contribution is 2.37. The van der Waals surface area contributed by atoms with Crippen LogP contribution in [0.1, 0.15) is 14.5 Å². The van der Waals surface area contributed by atoms with Gasteiger partial charge in [-0.15, -0.1) is 23.1 Å². The number of rotatable bonds is 1.